The molecule has 0 aliphatic heterocycles. The minimum absolute atomic E-state index is 0.614. The highest BCUT2D eigenvalue weighted by molar-refractivity contribution is 7.26. The third-order valence-corrected chi connectivity index (χ3v) is 11.7. The predicted octanol–water partition coefficient (Wildman–Crippen LogP) is 14.1. The Morgan fingerprint density at radius 2 is 0.911 bits per heavy atom. The molecule has 0 spiro atoms. The zero-order valence-electron chi connectivity index (χ0n) is 30.1. The molecule has 0 saturated heterocycles. The van der Waals surface area contributed by atoms with Crippen molar-refractivity contribution in [3.8, 4) is 67.5 Å². The summed E-state index contributed by atoms with van der Waals surface area (Å²) in [5.74, 6) is 1.89. The highest BCUT2D eigenvalue weighted by Crippen LogP contribution is 2.42. The van der Waals surface area contributed by atoms with E-state index in [4.69, 9.17) is 19.4 Å². The summed E-state index contributed by atoms with van der Waals surface area (Å²) < 4.78 is 8.84. The summed E-state index contributed by atoms with van der Waals surface area (Å²) in [7, 11) is 0. The van der Waals surface area contributed by atoms with Gasteiger partial charge in [-0.3, -0.25) is 0 Å². The largest absolute Gasteiger partial charge is 0.455 e. The van der Waals surface area contributed by atoms with E-state index in [1.54, 1.807) is 11.3 Å². The van der Waals surface area contributed by atoms with Gasteiger partial charge in [-0.25, -0.2) is 15.0 Å². The molecule has 3 heterocycles. The Balaban J connectivity index is 1.06. The zero-order valence-corrected chi connectivity index (χ0v) is 30.9. The summed E-state index contributed by atoms with van der Waals surface area (Å²) in [6.07, 6.45) is 0. The molecule has 0 atom stereocenters. The molecule has 8 aromatic carbocycles. The van der Waals surface area contributed by atoms with Crippen LogP contribution >= 0.6 is 11.3 Å². The number of aromatic nitrogens is 3. The molecule has 262 valence electrons. The van der Waals surface area contributed by atoms with Crippen LogP contribution in [0.3, 0.4) is 0 Å². The molecule has 0 saturated carbocycles. The molecule has 0 aliphatic carbocycles. The molecular weight excluding hydrogens is 703 g/mol. The molecule has 0 amide bonds. The summed E-state index contributed by atoms with van der Waals surface area (Å²) in [6, 6.07) is 65.7. The van der Waals surface area contributed by atoms with E-state index in [0.717, 1.165) is 55.1 Å². The predicted molar refractivity (Wildman–Crippen MR) is 233 cm³/mol. The van der Waals surface area contributed by atoms with E-state index < -0.39 is 0 Å². The summed E-state index contributed by atoms with van der Waals surface area (Å²) >= 11 is 1.80. The number of hydrogen-bond donors (Lipinski definition) is 0. The van der Waals surface area contributed by atoms with Crippen molar-refractivity contribution in [2.24, 2.45) is 0 Å². The smallest absolute Gasteiger partial charge is 0.164 e. The molecule has 4 nitrogen and oxygen atoms in total. The standard InChI is InChI=1S/C51H31N3OS/c1-3-12-32(13-4-1)33-24-26-34(27-25-33)36-28-29-45-43(31-36)47-42(21-11-23-46(47)56-45)51-53-49(35-14-5-2-6-15-35)52-50(54-51)38-17-9-16-37(30-38)39-19-10-20-41-40-18-7-8-22-44(40)55-48(39)41/h1-31H. The lowest BCUT2D eigenvalue weighted by Gasteiger charge is -2.11. The molecular formula is C51H31N3OS. The molecule has 0 aliphatic rings. The molecule has 11 rings (SSSR count). The van der Waals surface area contributed by atoms with Gasteiger partial charge in [-0.1, -0.05) is 158 Å². The third kappa shape index (κ3) is 5.56. The number of thiophene rings is 1. The molecule has 0 unspecified atom stereocenters. The quantitative estimate of drug-likeness (QED) is 0.171. The molecule has 5 heteroatoms. The highest BCUT2D eigenvalue weighted by atomic mass is 32.1. The first-order valence-corrected chi connectivity index (χ1v) is 19.5. The Bertz CT molecular complexity index is 3240. The minimum Gasteiger partial charge on any atom is -0.455 e. The summed E-state index contributed by atoms with van der Waals surface area (Å²) in [5.41, 5.74) is 11.4. The maximum absolute atomic E-state index is 6.43. The second-order valence-electron chi connectivity index (χ2n) is 14.0. The fourth-order valence-corrected chi connectivity index (χ4v) is 8.93. The Morgan fingerprint density at radius 3 is 1.73 bits per heavy atom. The van der Waals surface area contributed by atoms with Crippen LogP contribution in [0, 0.1) is 0 Å². The monoisotopic (exact) mass is 733 g/mol. The van der Waals surface area contributed by atoms with Gasteiger partial charge >= 0.3 is 0 Å². The van der Waals surface area contributed by atoms with Crippen molar-refractivity contribution in [3.63, 3.8) is 0 Å². The lowest BCUT2D eigenvalue weighted by atomic mass is 9.98. The molecule has 0 radical (unpaired) electrons. The van der Waals surface area contributed by atoms with E-state index in [2.05, 4.69) is 158 Å². The number of para-hydroxylation sites is 2. The lowest BCUT2D eigenvalue weighted by molar-refractivity contribution is 0.670. The van der Waals surface area contributed by atoms with Crippen LogP contribution in [0.1, 0.15) is 0 Å². The van der Waals surface area contributed by atoms with Crippen molar-refractivity contribution in [1.82, 2.24) is 15.0 Å². The number of rotatable bonds is 6. The fourth-order valence-electron chi connectivity index (χ4n) is 7.82. The number of nitrogens with zero attached hydrogens (tertiary/aromatic N) is 3. The van der Waals surface area contributed by atoms with Crippen LogP contribution in [-0.2, 0) is 0 Å². The van der Waals surface area contributed by atoms with Crippen molar-refractivity contribution < 1.29 is 4.42 Å². The van der Waals surface area contributed by atoms with Gasteiger partial charge in [0.2, 0.25) is 0 Å². The van der Waals surface area contributed by atoms with Gasteiger partial charge < -0.3 is 4.42 Å². The van der Waals surface area contributed by atoms with Crippen molar-refractivity contribution in [3.05, 3.63) is 188 Å². The Morgan fingerprint density at radius 1 is 0.339 bits per heavy atom. The van der Waals surface area contributed by atoms with Gasteiger partial charge in [-0.05, 0) is 58.1 Å². The fraction of sp³-hybridized carbons (Fsp3) is 0. The van der Waals surface area contributed by atoms with E-state index in [1.165, 1.54) is 37.0 Å². The van der Waals surface area contributed by atoms with Gasteiger partial charge in [0, 0.05) is 53.2 Å². The molecule has 0 N–H and O–H groups in total. The highest BCUT2D eigenvalue weighted by Gasteiger charge is 2.19. The SMILES string of the molecule is c1ccc(-c2ccc(-c3ccc4sc5cccc(-c6nc(-c7ccccc7)nc(-c7cccc(-c8cccc9c8oc8ccccc89)c7)n6)c5c4c3)cc2)cc1. The maximum Gasteiger partial charge on any atom is 0.164 e. The maximum atomic E-state index is 6.43. The number of hydrogen-bond acceptors (Lipinski definition) is 5. The average molecular weight is 734 g/mol. The zero-order chi connectivity index (χ0) is 37.0. The van der Waals surface area contributed by atoms with Gasteiger partial charge in [0.1, 0.15) is 11.2 Å². The van der Waals surface area contributed by atoms with Crippen LogP contribution in [0.25, 0.3) is 110 Å². The molecule has 3 aromatic heterocycles. The number of benzene rings is 8. The summed E-state index contributed by atoms with van der Waals surface area (Å²) in [6.45, 7) is 0. The first-order valence-electron chi connectivity index (χ1n) is 18.7. The lowest BCUT2D eigenvalue weighted by Crippen LogP contribution is -2.00. The number of furan rings is 1. The average Bonchev–Trinajstić information content (AvgIpc) is 3.85. The molecule has 0 fully saturated rings. The van der Waals surface area contributed by atoms with Crippen LogP contribution < -0.4 is 0 Å². The van der Waals surface area contributed by atoms with Crippen molar-refractivity contribution in [2.45, 2.75) is 0 Å². The Hall–Kier alpha value is -7.21. The van der Waals surface area contributed by atoms with Gasteiger partial charge in [0.25, 0.3) is 0 Å². The molecule has 11 aromatic rings. The van der Waals surface area contributed by atoms with E-state index in [0.29, 0.717) is 17.5 Å². The second kappa shape index (κ2) is 13.3. The number of fused-ring (bicyclic) bond motifs is 6. The summed E-state index contributed by atoms with van der Waals surface area (Å²) in [5, 5.41) is 4.55. The normalized spacial score (nSPS) is 11.6. The molecule has 0 bridgehead atoms. The van der Waals surface area contributed by atoms with Gasteiger partial charge in [-0.2, -0.15) is 0 Å². The second-order valence-corrected chi connectivity index (χ2v) is 15.1. The molecule has 56 heavy (non-hydrogen) atoms. The van der Waals surface area contributed by atoms with Crippen LogP contribution in [-0.4, -0.2) is 15.0 Å². The van der Waals surface area contributed by atoms with Crippen LogP contribution in [0.4, 0.5) is 0 Å². The van der Waals surface area contributed by atoms with Crippen molar-refractivity contribution in [1.29, 1.82) is 0 Å². The first kappa shape index (κ1) is 32.2. The summed E-state index contributed by atoms with van der Waals surface area (Å²) in [4.78, 5) is 15.5. The van der Waals surface area contributed by atoms with Gasteiger partial charge in [0.05, 0.1) is 0 Å². The van der Waals surface area contributed by atoms with Crippen LogP contribution in [0.2, 0.25) is 0 Å². The van der Waals surface area contributed by atoms with Crippen LogP contribution in [0.15, 0.2) is 192 Å². The third-order valence-electron chi connectivity index (χ3n) is 10.6. The Kier molecular flexibility index (Phi) is 7.64. The topological polar surface area (TPSA) is 51.8 Å². The van der Waals surface area contributed by atoms with E-state index in [1.807, 2.05) is 30.3 Å². The van der Waals surface area contributed by atoms with E-state index in [-0.39, 0.29) is 0 Å². The van der Waals surface area contributed by atoms with Crippen LogP contribution in [0.5, 0.6) is 0 Å². The van der Waals surface area contributed by atoms with Gasteiger partial charge in [-0.15, -0.1) is 11.3 Å². The van der Waals surface area contributed by atoms with Crippen molar-refractivity contribution in [2.75, 3.05) is 0 Å². The Labute approximate surface area is 327 Å². The van der Waals surface area contributed by atoms with E-state index in [9.17, 15) is 0 Å². The van der Waals surface area contributed by atoms with Crippen molar-refractivity contribution >= 4 is 53.4 Å². The minimum atomic E-state index is 0.614. The van der Waals surface area contributed by atoms with E-state index >= 15 is 0 Å². The first-order chi connectivity index (χ1) is 27.7. The van der Waals surface area contributed by atoms with Gasteiger partial charge in [0.15, 0.2) is 17.5 Å².